The molecule has 0 aliphatic carbocycles. The molecule has 1 heterocycles. The first-order valence-electron chi connectivity index (χ1n) is 3.56. The highest BCUT2D eigenvalue weighted by Gasteiger charge is 2.05. The molecule has 0 amide bonds. The highest BCUT2D eigenvalue weighted by atomic mass is 32.2. The van der Waals surface area contributed by atoms with Gasteiger partial charge in [-0.15, -0.1) is 0 Å². The van der Waals surface area contributed by atoms with Gasteiger partial charge in [0.25, 0.3) is 0 Å². The second-order valence-electron chi connectivity index (χ2n) is 2.53. The maximum absolute atomic E-state index is 8.85. The minimum absolute atomic E-state index is 0.621. The molecule has 0 spiro atoms. The summed E-state index contributed by atoms with van der Waals surface area (Å²) in [6.07, 6.45) is 0. The van der Waals surface area contributed by atoms with E-state index in [0.29, 0.717) is 17.2 Å². The van der Waals surface area contributed by atoms with Gasteiger partial charge in [-0.1, -0.05) is 12.1 Å². The fraction of sp³-hybridized carbons (Fsp3) is 0.125. The molecular formula is C8H8N2OS. The molecule has 4 heteroatoms. The number of imidazole rings is 1. The van der Waals surface area contributed by atoms with Crippen LogP contribution in [0.2, 0.25) is 0 Å². The molecule has 0 saturated heterocycles. The second-order valence-corrected chi connectivity index (χ2v) is 3.08. The quantitative estimate of drug-likeness (QED) is 0.683. The van der Waals surface area contributed by atoms with Crippen molar-refractivity contribution >= 4 is 23.1 Å². The standard InChI is InChI=1S/C8H8N2OS/c1-10-7-5-3-2-4-6(7)9-8(10)12-11/h2-5,11H,1H3. The molecule has 2 aromatic rings. The van der Waals surface area contributed by atoms with Crippen molar-refractivity contribution in [3.63, 3.8) is 0 Å². The van der Waals surface area contributed by atoms with Gasteiger partial charge in [-0.3, -0.25) is 0 Å². The lowest BCUT2D eigenvalue weighted by molar-refractivity contribution is 0.646. The number of aryl methyl sites for hydroxylation is 1. The number of aromatic nitrogens is 2. The van der Waals surface area contributed by atoms with Gasteiger partial charge in [0.1, 0.15) is 0 Å². The first-order chi connectivity index (χ1) is 5.83. The third-order valence-electron chi connectivity index (χ3n) is 1.83. The fourth-order valence-electron chi connectivity index (χ4n) is 1.21. The van der Waals surface area contributed by atoms with E-state index in [9.17, 15) is 0 Å². The lowest BCUT2D eigenvalue weighted by atomic mass is 10.3. The molecule has 0 aliphatic rings. The zero-order valence-corrected chi connectivity index (χ0v) is 7.38. The maximum Gasteiger partial charge on any atom is 0.196 e. The Kier molecular flexibility index (Phi) is 1.78. The lowest BCUT2D eigenvalue weighted by Crippen LogP contribution is -1.88. The first kappa shape index (κ1) is 7.64. The van der Waals surface area contributed by atoms with Crippen LogP contribution in [0.15, 0.2) is 29.4 Å². The molecule has 0 fully saturated rings. The third kappa shape index (κ3) is 1.00. The Balaban J connectivity index is 2.78. The summed E-state index contributed by atoms with van der Waals surface area (Å²) in [4.78, 5) is 4.21. The molecule has 0 bridgehead atoms. The number of benzene rings is 1. The molecule has 0 radical (unpaired) electrons. The Morgan fingerprint density at radius 1 is 1.42 bits per heavy atom. The summed E-state index contributed by atoms with van der Waals surface area (Å²) in [7, 11) is 1.88. The van der Waals surface area contributed by atoms with Crippen LogP contribution in [-0.4, -0.2) is 14.1 Å². The van der Waals surface area contributed by atoms with Crippen LogP contribution in [-0.2, 0) is 7.05 Å². The predicted molar refractivity (Wildman–Crippen MR) is 49.2 cm³/mol. The van der Waals surface area contributed by atoms with E-state index >= 15 is 0 Å². The van der Waals surface area contributed by atoms with Crippen LogP contribution in [0.5, 0.6) is 0 Å². The SMILES string of the molecule is Cn1c(SO)nc2ccccc21. The van der Waals surface area contributed by atoms with Crippen molar-refractivity contribution in [3.05, 3.63) is 24.3 Å². The molecule has 0 saturated carbocycles. The fourth-order valence-corrected chi connectivity index (χ4v) is 1.57. The Labute approximate surface area is 74.2 Å². The molecule has 62 valence electrons. The Morgan fingerprint density at radius 3 is 2.83 bits per heavy atom. The normalized spacial score (nSPS) is 10.8. The van der Waals surface area contributed by atoms with Gasteiger partial charge in [0.15, 0.2) is 5.16 Å². The van der Waals surface area contributed by atoms with Crippen molar-refractivity contribution in [1.82, 2.24) is 9.55 Å². The molecule has 0 unspecified atom stereocenters. The molecule has 1 aromatic heterocycles. The zero-order chi connectivity index (χ0) is 8.55. The van der Waals surface area contributed by atoms with Crippen LogP contribution < -0.4 is 0 Å². The smallest absolute Gasteiger partial charge is 0.196 e. The van der Waals surface area contributed by atoms with Gasteiger partial charge in [-0.25, -0.2) is 4.98 Å². The van der Waals surface area contributed by atoms with E-state index in [4.69, 9.17) is 4.55 Å². The van der Waals surface area contributed by atoms with Gasteiger partial charge in [-0.05, 0) is 12.1 Å². The highest BCUT2D eigenvalue weighted by Crippen LogP contribution is 2.19. The molecule has 3 nitrogen and oxygen atoms in total. The number of para-hydroxylation sites is 2. The van der Waals surface area contributed by atoms with Gasteiger partial charge in [-0.2, -0.15) is 0 Å². The molecule has 0 aliphatic heterocycles. The van der Waals surface area contributed by atoms with Gasteiger partial charge in [0.05, 0.1) is 23.1 Å². The van der Waals surface area contributed by atoms with Crippen molar-refractivity contribution in [3.8, 4) is 0 Å². The minimum atomic E-state index is 0.621. The predicted octanol–water partition coefficient (Wildman–Crippen LogP) is 2.14. The number of nitrogens with zero attached hydrogens (tertiary/aromatic N) is 2. The largest absolute Gasteiger partial charge is 0.323 e. The first-order valence-corrected chi connectivity index (χ1v) is 4.33. The van der Waals surface area contributed by atoms with Crippen molar-refractivity contribution in [2.24, 2.45) is 7.05 Å². The second kappa shape index (κ2) is 2.80. The van der Waals surface area contributed by atoms with E-state index < -0.39 is 0 Å². The lowest BCUT2D eigenvalue weighted by Gasteiger charge is -1.94. The number of hydrogen-bond acceptors (Lipinski definition) is 3. The molecule has 12 heavy (non-hydrogen) atoms. The average molecular weight is 180 g/mol. The summed E-state index contributed by atoms with van der Waals surface area (Å²) in [6.45, 7) is 0. The maximum atomic E-state index is 8.85. The Morgan fingerprint density at radius 2 is 2.17 bits per heavy atom. The number of fused-ring (bicyclic) bond motifs is 1. The van der Waals surface area contributed by atoms with Crippen LogP contribution in [0.3, 0.4) is 0 Å². The summed E-state index contributed by atoms with van der Waals surface area (Å²) in [6, 6.07) is 7.79. The number of hydrogen-bond donors (Lipinski definition) is 1. The highest BCUT2D eigenvalue weighted by molar-refractivity contribution is 7.93. The van der Waals surface area contributed by atoms with Gasteiger partial charge in [0, 0.05) is 7.05 Å². The van der Waals surface area contributed by atoms with Crippen LogP contribution in [0.4, 0.5) is 0 Å². The zero-order valence-electron chi connectivity index (χ0n) is 6.56. The molecule has 1 aromatic carbocycles. The topological polar surface area (TPSA) is 38.0 Å². The van der Waals surface area contributed by atoms with Crippen LogP contribution in [0, 0.1) is 0 Å². The van der Waals surface area contributed by atoms with E-state index in [1.54, 1.807) is 0 Å². The van der Waals surface area contributed by atoms with Crippen molar-refractivity contribution < 1.29 is 4.55 Å². The van der Waals surface area contributed by atoms with Crippen LogP contribution >= 0.6 is 12.0 Å². The summed E-state index contributed by atoms with van der Waals surface area (Å²) < 4.78 is 10.7. The average Bonchev–Trinajstić information content (AvgIpc) is 2.44. The minimum Gasteiger partial charge on any atom is -0.323 e. The van der Waals surface area contributed by atoms with E-state index in [2.05, 4.69) is 4.98 Å². The van der Waals surface area contributed by atoms with Crippen molar-refractivity contribution in [1.29, 1.82) is 0 Å². The van der Waals surface area contributed by atoms with E-state index in [1.165, 1.54) is 0 Å². The van der Waals surface area contributed by atoms with E-state index in [0.717, 1.165) is 11.0 Å². The van der Waals surface area contributed by atoms with E-state index in [-0.39, 0.29) is 0 Å². The Bertz CT molecular complexity index is 410. The molecule has 0 atom stereocenters. The third-order valence-corrected chi connectivity index (χ3v) is 2.36. The molecule has 2 rings (SSSR count). The van der Waals surface area contributed by atoms with Crippen molar-refractivity contribution in [2.45, 2.75) is 5.16 Å². The summed E-state index contributed by atoms with van der Waals surface area (Å²) >= 11 is 0.673. The summed E-state index contributed by atoms with van der Waals surface area (Å²) in [5.41, 5.74) is 1.95. The van der Waals surface area contributed by atoms with Gasteiger partial charge >= 0.3 is 0 Å². The molecular weight excluding hydrogens is 172 g/mol. The number of rotatable bonds is 1. The Hall–Kier alpha value is -1.00. The summed E-state index contributed by atoms with van der Waals surface area (Å²) in [5, 5.41) is 0.621. The van der Waals surface area contributed by atoms with Crippen molar-refractivity contribution in [2.75, 3.05) is 0 Å². The van der Waals surface area contributed by atoms with Crippen LogP contribution in [0.1, 0.15) is 0 Å². The van der Waals surface area contributed by atoms with Crippen LogP contribution in [0.25, 0.3) is 11.0 Å². The van der Waals surface area contributed by atoms with Gasteiger partial charge < -0.3 is 9.12 Å². The summed E-state index contributed by atoms with van der Waals surface area (Å²) in [5.74, 6) is 0. The van der Waals surface area contributed by atoms with E-state index in [1.807, 2.05) is 35.9 Å². The molecule has 1 N–H and O–H groups in total. The monoisotopic (exact) mass is 180 g/mol. The van der Waals surface area contributed by atoms with Gasteiger partial charge in [0.2, 0.25) is 0 Å².